The van der Waals surface area contributed by atoms with Gasteiger partial charge in [-0.2, -0.15) is 5.26 Å². The molecule has 0 atom stereocenters. The van der Waals surface area contributed by atoms with Crippen LogP contribution in [0.5, 0.6) is 5.75 Å². The Balaban J connectivity index is 1.23. The highest BCUT2D eigenvalue weighted by Crippen LogP contribution is 2.26. The van der Waals surface area contributed by atoms with Gasteiger partial charge in [0.05, 0.1) is 25.2 Å². The van der Waals surface area contributed by atoms with E-state index in [1.807, 2.05) is 24.3 Å². The van der Waals surface area contributed by atoms with Gasteiger partial charge in [0.15, 0.2) is 11.5 Å². The van der Waals surface area contributed by atoms with Crippen LogP contribution < -0.4 is 25.6 Å². The first-order valence-corrected chi connectivity index (χ1v) is 12.2. The monoisotopic (exact) mass is 500 g/mol. The maximum absolute atomic E-state index is 12.3. The van der Waals surface area contributed by atoms with E-state index in [9.17, 15) is 4.79 Å². The van der Waals surface area contributed by atoms with Crippen LogP contribution in [0.3, 0.4) is 0 Å². The molecule has 0 saturated carbocycles. The van der Waals surface area contributed by atoms with Crippen LogP contribution in [0, 0.1) is 11.3 Å². The Morgan fingerprint density at radius 2 is 1.78 bits per heavy atom. The molecule has 10 nitrogen and oxygen atoms in total. The van der Waals surface area contributed by atoms with Crippen LogP contribution in [0.1, 0.15) is 16.8 Å². The second kappa shape index (κ2) is 12.7. The van der Waals surface area contributed by atoms with E-state index in [0.29, 0.717) is 11.4 Å². The topological polar surface area (TPSA) is 118 Å². The number of carbonyl (C=O) groups is 1. The quantitative estimate of drug-likeness (QED) is 0.384. The molecule has 0 spiro atoms. The van der Waals surface area contributed by atoms with Crippen molar-refractivity contribution in [1.82, 2.24) is 20.2 Å². The minimum Gasteiger partial charge on any atom is -0.495 e. The summed E-state index contributed by atoms with van der Waals surface area (Å²) in [5.41, 5.74) is 4.36. The van der Waals surface area contributed by atoms with Crippen molar-refractivity contribution in [2.75, 3.05) is 62.4 Å². The van der Waals surface area contributed by atoms with Crippen molar-refractivity contribution in [3.8, 4) is 11.8 Å². The molecule has 0 aliphatic carbocycles. The Morgan fingerprint density at radius 3 is 2.46 bits per heavy atom. The lowest BCUT2D eigenvalue weighted by molar-refractivity contribution is 0.262. The van der Waals surface area contributed by atoms with Gasteiger partial charge in [0.2, 0.25) is 0 Å². The van der Waals surface area contributed by atoms with Gasteiger partial charge >= 0.3 is 6.03 Å². The predicted octanol–water partition coefficient (Wildman–Crippen LogP) is 3.08. The number of piperazine rings is 1. The van der Waals surface area contributed by atoms with Gasteiger partial charge in [0, 0.05) is 38.4 Å². The maximum atomic E-state index is 12.3. The number of nitrogens with one attached hydrogen (secondary N) is 3. The van der Waals surface area contributed by atoms with Gasteiger partial charge in [-0.1, -0.05) is 18.2 Å². The molecule has 10 heteroatoms. The van der Waals surface area contributed by atoms with Crippen molar-refractivity contribution in [2.24, 2.45) is 0 Å². The van der Waals surface area contributed by atoms with Gasteiger partial charge in [-0.05, 0) is 55.4 Å². The fraction of sp³-hybridized carbons (Fsp3) is 0.333. The molecule has 192 valence electrons. The van der Waals surface area contributed by atoms with Gasteiger partial charge in [-0.25, -0.2) is 14.8 Å². The fourth-order valence-corrected chi connectivity index (χ4v) is 4.07. The molecule has 1 fully saturated rings. The maximum Gasteiger partial charge on any atom is 0.324 e. The van der Waals surface area contributed by atoms with Gasteiger partial charge in [0.1, 0.15) is 11.8 Å². The third kappa shape index (κ3) is 7.39. The first-order chi connectivity index (χ1) is 18.0. The van der Waals surface area contributed by atoms with Crippen LogP contribution in [0.15, 0.2) is 54.9 Å². The zero-order chi connectivity index (χ0) is 26.0. The van der Waals surface area contributed by atoms with Crippen LogP contribution >= 0.6 is 0 Å². The Labute approximate surface area is 217 Å². The zero-order valence-corrected chi connectivity index (χ0v) is 21.2. The summed E-state index contributed by atoms with van der Waals surface area (Å²) in [5, 5.41) is 17.6. The summed E-state index contributed by atoms with van der Waals surface area (Å²) in [7, 11) is 3.74. The van der Waals surface area contributed by atoms with Gasteiger partial charge < -0.3 is 25.2 Å². The van der Waals surface area contributed by atoms with Gasteiger partial charge in [0.25, 0.3) is 0 Å². The van der Waals surface area contributed by atoms with Crippen LogP contribution in [0.25, 0.3) is 0 Å². The molecule has 2 amide bonds. The average molecular weight is 501 g/mol. The van der Waals surface area contributed by atoms with E-state index in [1.165, 1.54) is 23.6 Å². The van der Waals surface area contributed by atoms with Crippen molar-refractivity contribution in [1.29, 1.82) is 5.26 Å². The Morgan fingerprint density at radius 1 is 1.03 bits per heavy atom. The summed E-state index contributed by atoms with van der Waals surface area (Å²) >= 11 is 0. The van der Waals surface area contributed by atoms with Crippen molar-refractivity contribution in [3.63, 3.8) is 0 Å². The molecular formula is C27H32N8O2. The van der Waals surface area contributed by atoms with Crippen molar-refractivity contribution in [2.45, 2.75) is 13.0 Å². The largest absolute Gasteiger partial charge is 0.495 e. The molecule has 3 N–H and O–H groups in total. The summed E-state index contributed by atoms with van der Waals surface area (Å²) in [6.45, 7) is 5.97. The third-order valence-electron chi connectivity index (χ3n) is 6.25. The minimum atomic E-state index is -0.481. The van der Waals surface area contributed by atoms with E-state index < -0.39 is 6.03 Å². The number of benzene rings is 2. The van der Waals surface area contributed by atoms with Crippen molar-refractivity contribution < 1.29 is 9.53 Å². The Bertz CT molecular complexity index is 1220. The first kappa shape index (κ1) is 25.9. The number of urea groups is 1. The van der Waals surface area contributed by atoms with E-state index in [4.69, 9.17) is 10.00 Å². The number of nitrogens with zero attached hydrogens (tertiary/aromatic N) is 5. The molecule has 2 aromatic carbocycles. The minimum absolute atomic E-state index is 0.178. The number of methoxy groups -OCH3 is 1. The zero-order valence-electron chi connectivity index (χ0n) is 21.2. The predicted molar refractivity (Wildman–Crippen MR) is 144 cm³/mol. The molecule has 1 aliphatic rings. The van der Waals surface area contributed by atoms with Gasteiger partial charge in [-0.3, -0.25) is 5.32 Å². The summed E-state index contributed by atoms with van der Waals surface area (Å²) in [6.07, 6.45) is 3.44. The van der Waals surface area contributed by atoms with E-state index in [-0.39, 0.29) is 11.5 Å². The second-order valence-corrected chi connectivity index (χ2v) is 8.90. The number of aromatic nitrogens is 2. The van der Waals surface area contributed by atoms with Crippen LogP contribution in [0.2, 0.25) is 0 Å². The number of nitriles is 1. The number of carbonyl (C=O) groups excluding carboxylic acids is 1. The highest BCUT2D eigenvalue weighted by atomic mass is 16.5. The Kier molecular flexibility index (Phi) is 8.86. The fourth-order valence-electron chi connectivity index (χ4n) is 4.07. The standard InChI is InChI=1S/C27H32N8O2/c1-34-11-13-35(14-12-34)23-6-3-21(4-7-23)17-29-10-9-20-5-8-24(25(15-20)37-2)32-27(36)33-26-19-30-22(16-28)18-31-26/h3-8,15,18-19,29H,9-14,17H2,1-2H3,(H2,31,32,33,36). The molecule has 0 radical (unpaired) electrons. The average Bonchev–Trinajstić information content (AvgIpc) is 2.93. The normalized spacial score (nSPS) is 13.6. The number of hydrogen-bond donors (Lipinski definition) is 3. The molecule has 2 heterocycles. The highest BCUT2D eigenvalue weighted by Gasteiger charge is 2.14. The van der Waals surface area contributed by atoms with E-state index in [0.717, 1.165) is 51.3 Å². The van der Waals surface area contributed by atoms with Crippen LogP contribution in [-0.2, 0) is 13.0 Å². The number of hydrogen-bond acceptors (Lipinski definition) is 8. The SMILES string of the molecule is COc1cc(CCNCc2ccc(N3CCN(C)CC3)cc2)ccc1NC(=O)Nc1cnc(C#N)cn1. The summed E-state index contributed by atoms with van der Waals surface area (Å²) in [5.74, 6) is 0.810. The number of likely N-dealkylation sites (N-methyl/N-ethyl adjacent to an activating group) is 1. The molecule has 3 aromatic rings. The van der Waals surface area contributed by atoms with Gasteiger partial charge in [-0.15, -0.1) is 0 Å². The van der Waals surface area contributed by atoms with Crippen LogP contribution in [-0.4, -0.2) is 67.8 Å². The second-order valence-electron chi connectivity index (χ2n) is 8.90. The third-order valence-corrected chi connectivity index (χ3v) is 6.25. The number of anilines is 3. The number of amides is 2. The smallest absolute Gasteiger partial charge is 0.324 e. The lowest BCUT2D eigenvalue weighted by Crippen LogP contribution is -2.44. The number of rotatable bonds is 9. The lowest BCUT2D eigenvalue weighted by atomic mass is 10.1. The summed E-state index contributed by atoms with van der Waals surface area (Å²) in [4.78, 5) is 25.0. The molecule has 4 rings (SSSR count). The summed E-state index contributed by atoms with van der Waals surface area (Å²) in [6, 6.07) is 15.9. The molecule has 0 bridgehead atoms. The first-order valence-electron chi connectivity index (χ1n) is 12.2. The van der Waals surface area contributed by atoms with Crippen molar-refractivity contribution in [3.05, 3.63) is 71.7 Å². The molecule has 1 saturated heterocycles. The number of ether oxygens (including phenoxy) is 1. The van der Waals surface area contributed by atoms with E-state index in [2.05, 4.69) is 67.0 Å². The van der Waals surface area contributed by atoms with E-state index in [1.54, 1.807) is 7.11 Å². The summed E-state index contributed by atoms with van der Waals surface area (Å²) < 4.78 is 5.48. The Hall–Kier alpha value is -4.20. The van der Waals surface area contributed by atoms with Crippen LogP contribution in [0.4, 0.5) is 22.0 Å². The molecular weight excluding hydrogens is 468 g/mol. The molecule has 37 heavy (non-hydrogen) atoms. The highest BCUT2D eigenvalue weighted by molar-refractivity contribution is 6.00. The molecule has 0 unspecified atom stereocenters. The molecule has 1 aromatic heterocycles. The molecule has 1 aliphatic heterocycles. The lowest BCUT2D eigenvalue weighted by Gasteiger charge is -2.34. The van der Waals surface area contributed by atoms with Crippen molar-refractivity contribution >= 4 is 23.2 Å². The van der Waals surface area contributed by atoms with E-state index >= 15 is 0 Å².